The van der Waals surface area contributed by atoms with Crippen LogP contribution in [0.25, 0.3) is 0 Å². The van der Waals surface area contributed by atoms with E-state index in [-0.39, 0.29) is 0 Å². The van der Waals surface area contributed by atoms with E-state index in [0.717, 1.165) is 18.2 Å². The Kier molecular flexibility index (Phi) is 3.94. The third-order valence-electron chi connectivity index (χ3n) is 1.68. The maximum absolute atomic E-state index is 12.1. The van der Waals surface area contributed by atoms with Gasteiger partial charge in [-0.3, -0.25) is 4.79 Å². The molecule has 2 N–H and O–H groups in total. The SMILES string of the molecule is NC(=O)c1cccc(OC(F)(F)F)c1OC(F)F. The zero-order valence-corrected chi connectivity index (χ0v) is 8.50. The van der Waals surface area contributed by atoms with Crippen LogP contribution in [0.3, 0.4) is 0 Å². The van der Waals surface area contributed by atoms with E-state index in [0.29, 0.717) is 0 Å². The van der Waals surface area contributed by atoms with Crippen molar-refractivity contribution in [2.24, 2.45) is 5.73 Å². The first-order valence-corrected chi connectivity index (χ1v) is 4.34. The first-order chi connectivity index (χ1) is 8.20. The van der Waals surface area contributed by atoms with Gasteiger partial charge in [0.25, 0.3) is 5.91 Å². The predicted molar refractivity (Wildman–Crippen MR) is 48.3 cm³/mol. The molecule has 0 atom stereocenters. The lowest BCUT2D eigenvalue weighted by Crippen LogP contribution is -2.20. The summed E-state index contributed by atoms with van der Waals surface area (Å²) in [4.78, 5) is 10.9. The molecule has 0 fully saturated rings. The van der Waals surface area contributed by atoms with Crippen molar-refractivity contribution in [2.45, 2.75) is 13.0 Å². The molecule has 0 aliphatic rings. The molecule has 0 aliphatic carbocycles. The number of halogens is 5. The molecule has 100 valence electrons. The highest BCUT2D eigenvalue weighted by Crippen LogP contribution is 2.35. The van der Waals surface area contributed by atoms with Gasteiger partial charge >= 0.3 is 13.0 Å². The van der Waals surface area contributed by atoms with E-state index in [4.69, 9.17) is 5.73 Å². The Bertz CT molecular complexity index is 446. The van der Waals surface area contributed by atoms with Gasteiger partial charge in [0.05, 0.1) is 5.56 Å². The Hall–Kier alpha value is -2.06. The van der Waals surface area contributed by atoms with Gasteiger partial charge in [0.1, 0.15) is 0 Å². The molecular weight excluding hydrogens is 265 g/mol. The molecule has 1 aromatic carbocycles. The molecule has 9 heteroatoms. The number of hydrogen-bond acceptors (Lipinski definition) is 3. The van der Waals surface area contributed by atoms with Crippen LogP contribution in [-0.4, -0.2) is 18.9 Å². The molecule has 0 aromatic heterocycles. The predicted octanol–water partition coefficient (Wildman–Crippen LogP) is 2.29. The number of nitrogens with two attached hydrogens (primary N) is 1. The van der Waals surface area contributed by atoms with Crippen molar-refractivity contribution >= 4 is 5.91 Å². The first-order valence-electron chi connectivity index (χ1n) is 4.34. The molecule has 1 aromatic rings. The van der Waals surface area contributed by atoms with E-state index >= 15 is 0 Å². The van der Waals surface area contributed by atoms with Crippen molar-refractivity contribution in [3.05, 3.63) is 23.8 Å². The molecule has 0 spiro atoms. The van der Waals surface area contributed by atoms with Crippen LogP contribution in [0.15, 0.2) is 18.2 Å². The van der Waals surface area contributed by atoms with E-state index in [1.807, 2.05) is 0 Å². The Morgan fingerprint density at radius 1 is 1.28 bits per heavy atom. The molecule has 0 unspecified atom stereocenters. The highest BCUT2D eigenvalue weighted by molar-refractivity contribution is 5.96. The summed E-state index contributed by atoms with van der Waals surface area (Å²) in [6.07, 6.45) is -5.11. The molecule has 4 nitrogen and oxygen atoms in total. The normalized spacial score (nSPS) is 11.4. The number of para-hydroxylation sites is 1. The summed E-state index contributed by atoms with van der Waals surface area (Å²) >= 11 is 0. The summed E-state index contributed by atoms with van der Waals surface area (Å²) in [7, 11) is 0. The topological polar surface area (TPSA) is 61.6 Å². The van der Waals surface area contributed by atoms with Gasteiger partial charge in [-0.2, -0.15) is 8.78 Å². The number of hydrogen-bond donors (Lipinski definition) is 1. The van der Waals surface area contributed by atoms with Gasteiger partial charge in [-0.05, 0) is 12.1 Å². The second-order valence-corrected chi connectivity index (χ2v) is 2.92. The van der Waals surface area contributed by atoms with Crippen molar-refractivity contribution in [2.75, 3.05) is 0 Å². The molecule has 1 rings (SSSR count). The van der Waals surface area contributed by atoms with Crippen LogP contribution in [-0.2, 0) is 0 Å². The summed E-state index contributed by atoms with van der Waals surface area (Å²) in [5.74, 6) is -3.35. The summed E-state index contributed by atoms with van der Waals surface area (Å²) in [6, 6.07) is 2.64. The number of ether oxygens (including phenoxy) is 2. The summed E-state index contributed by atoms with van der Waals surface area (Å²) in [6.45, 7) is -3.43. The highest BCUT2D eigenvalue weighted by atomic mass is 19.4. The zero-order chi connectivity index (χ0) is 13.9. The van der Waals surface area contributed by atoms with Crippen LogP contribution in [0.4, 0.5) is 22.0 Å². The highest BCUT2D eigenvalue weighted by Gasteiger charge is 2.33. The Morgan fingerprint density at radius 3 is 2.33 bits per heavy atom. The Balaban J connectivity index is 3.23. The van der Waals surface area contributed by atoms with E-state index < -0.39 is 35.9 Å². The van der Waals surface area contributed by atoms with Crippen LogP contribution in [0.2, 0.25) is 0 Å². The number of alkyl halides is 5. The lowest BCUT2D eigenvalue weighted by molar-refractivity contribution is -0.275. The number of amides is 1. The number of carbonyl (C=O) groups excluding carboxylic acids is 1. The van der Waals surface area contributed by atoms with Crippen LogP contribution < -0.4 is 15.2 Å². The smallest absolute Gasteiger partial charge is 0.430 e. The summed E-state index contributed by atoms with van der Waals surface area (Å²) in [5, 5.41) is 0. The van der Waals surface area contributed by atoms with Crippen LogP contribution in [0.1, 0.15) is 10.4 Å². The molecular formula is C9H6F5NO3. The van der Waals surface area contributed by atoms with Gasteiger partial charge in [-0.15, -0.1) is 13.2 Å². The number of primary amides is 1. The third-order valence-corrected chi connectivity index (χ3v) is 1.68. The third kappa shape index (κ3) is 3.75. The maximum atomic E-state index is 12.1. The zero-order valence-electron chi connectivity index (χ0n) is 8.50. The molecule has 0 radical (unpaired) electrons. The fraction of sp³-hybridized carbons (Fsp3) is 0.222. The molecule has 18 heavy (non-hydrogen) atoms. The van der Waals surface area contributed by atoms with Gasteiger partial charge in [0.2, 0.25) is 0 Å². The fourth-order valence-corrected chi connectivity index (χ4v) is 1.13. The Labute approximate surface area is 97.1 Å². The van der Waals surface area contributed by atoms with E-state index in [1.54, 1.807) is 0 Å². The van der Waals surface area contributed by atoms with Crippen molar-refractivity contribution in [3.63, 3.8) is 0 Å². The van der Waals surface area contributed by atoms with Crippen LogP contribution >= 0.6 is 0 Å². The second kappa shape index (κ2) is 5.07. The number of carbonyl (C=O) groups is 1. The van der Waals surface area contributed by atoms with Crippen molar-refractivity contribution in [1.82, 2.24) is 0 Å². The average molecular weight is 271 g/mol. The number of rotatable bonds is 4. The first kappa shape index (κ1) is 14.0. The van der Waals surface area contributed by atoms with Gasteiger partial charge in [-0.25, -0.2) is 0 Å². The monoisotopic (exact) mass is 271 g/mol. The van der Waals surface area contributed by atoms with Crippen LogP contribution in [0, 0.1) is 0 Å². The lowest BCUT2D eigenvalue weighted by Gasteiger charge is -2.15. The van der Waals surface area contributed by atoms with Gasteiger partial charge < -0.3 is 15.2 Å². The van der Waals surface area contributed by atoms with Crippen molar-refractivity contribution < 1.29 is 36.2 Å². The quantitative estimate of drug-likeness (QED) is 0.854. The van der Waals surface area contributed by atoms with E-state index in [1.165, 1.54) is 0 Å². The molecule has 0 saturated heterocycles. The van der Waals surface area contributed by atoms with Crippen molar-refractivity contribution in [3.8, 4) is 11.5 Å². The standard InChI is InChI=1S/C9H6F5NO3/c10-8(11)17-6-4(7(15)16)2-1-3-5(6)18-9(12,13)14/h1-3,8H,(H2,15,16). The minimum absolute atomic E-state index is 0.642. The minimum atomic E-state index is -5.11. The fourth-order valence-electron chi connectivity index (χ4n) is 1.13. The second-order valence-electron chi connectivity index (χ2n) is 2.92. The minimum Gasteiger partial charge on any atom is -0.430 e. The largest absolute Gasteiger partial charge is 0.573 e. The van der Waals surface area contributed by atoms with Gasteiger partial charge in [0.15, 0.2) is 11.5 Å². The molecule has 0 saturated carbocycles. The molecule has 0 aliphatic heterocycles. The van der Waals surface area contributed by atoms with Crippen LogP contribution in [0.5, 0.6) is 11.5 Å². The number of benzene rings is 1. The van der Waals surface area contributed by atoms with Gasteiger partial charge in [-0.1, -0.05) is 6.07 Å². The molecule has 0 heterocycles. The Morgan fingerprint density at radius 2 is 1.89 bits per heavy atom. The maximum Gasteiger partial charge on any atom is 0.573 e. The summed E-state index contributed by atoms with van der Waals surface area (Å²) < 4.78 is 67.4. The summed E-state index contributed by atoms with van der Waals surface area (Å²) in [5.41, 5.74) is 4.18. The average Bonchev–Trinajstić information content (AvgIpc) is 2.17. The van der Waals surface area contributed by atoms with Gasteiger partial charge in [0, 0.05) is 0 Å². The van der Waals surface area contributed by atoms with E-state index in [9.17, 15) is 26.7 Å². The lowest BCUT2D eigenvalue weighted by atomic mass is 10.2. The molecule has 1 amide bonds. The molecule has 0 bridgehead atoms. The van der Waals surface area contributed by atoms with E-state index in [2.05, 4.69) is 9.47 Å². The van der Waals surface area contributed by atoms with Crippen molar-refractivity contribution in [1.29, 1.82) is 0 Å².